The lowest BCUT2D eigenvalue weighted by molar-refractivity contribution is 0.0951. The van der Waals surface area contributed by atoms with Crippen molar-refractivity contribution in [2.45, 2.75) is 6.42 Å². The lowest BCUT2D eigenvalue weighted by Crippen LogP contribution is -2.24. The Morgan fingerprint density at radius 3 is 2.80 bits per heavy atom. The predicted octanol–water partition coefficient (Wildman–Crippen LogP) is 0.0866. The first-order valence-corrected chi connectivity index (χ1v) is 4.62. The average Bonchev–Trinajstić information content (AvgIpc) is 2.22. The molecule has 15 heavy (non-hydrogen) atoms. The number of phenols is 1. The molecular weight excluding hydrogens is 196 g/mol. The van der Waals surface area contributed by atoms with E-state index in [1.54, 1.807) is 0 Å². The standard InChI is InChI=1S/C10H14N2O3/c11-8-3-2-7(6-9(8)14)10(15)12-4-1-5-13/h2-3,6,13-14H,1,4-5,11H2,(H,12,15). The second-order valence-corrected chi connectivity index (χ2v) is 3.11. The van der Waals surface area contributed by atoms with Crippen molar-refractivity contribution in [3.05, 3.63) is 23.8 Å². The minimum absolute atomic E-state index is 0.0350. The summed E-state index contributed by atoms with van der Waals surface area (Å²) in [4.78, 5) is 11.4. The second-order valence-electron chi connectivity index (χ2n) is 3.11. The van der Waals surface area contributed by atoms with Crippen LogP contribution in [-0.4, -0.2) is 29.3 Å². The van der Waals surface area contributed by atoms with E-state index in [0.717, 1.165) is 0 Å². The van der Waals surface area contributed by atoms with Gasteiger partial charge in [0.1, 0.15) is 5.75 Å². The third-order valence-corrected chi connectivity index (χ3v) is 1.91. The normalized spacial score (nSPS) is 9.93. The van der Waals surface area contributed by atoms with E-state index in [4.69, 9.17) is 10.8 Å². The molecule has 1 amide bonds. The van der Waals surface area contributed by atoms with E-state index in [2.05, 4.69) is 5.32 Å². The van der Waals surface area contributed by atoms with Gasteiger partial charge in [0.05, 0.1) is 5.69 Å². The molecule has 1 aromatic rings. The quantitative estimate of drug-likeness (QED) is 0.321. The fourth-order valence-electron chi connectivity index (χ4n) is 1.07. The van der Waals surface area contributed by atoms with Gasteiger partial charge < -0.3 is 21.3 Å². The number of amides is 1. The Labute approximate surface area is 87.5 Å². The number of nitrogen functional groups attached to an aromatic ring is 1. The number of nitrogens with one attached hydrogen (secondary N) is 1. The maximum Gasteiger partial charge on any atom is 0.251 e. The van der Waals surface area contributed by atoms with Gasteiger partial charge in [0, 0.05) is 18.7 Å². The number of phenolic OH excluding ortho intramolecular Hbond substituents is 1. The molecule has 0 aliphatic carbocycles. The molecule has 1 rings (SSSR count). The van der Waals surface area contributed by atoms with Gasteiger partial charge in [-0.15, -0.1) is 0 Å². The number of aromatic hydroxyl groups is 1. The van der Waals surface area contributed by atoms with E-state index >= 15 is 0 Å². The molecule has 0 bridgehead atoms. The summed E-state index contributed by atoms with van der Waals surface area (Å²) in [6.07, 6.45) is 0.507. The van der Waals surface area contributed by atoms with Crippen molar-refractivity contribution in [2.24, 2.45) is 0 Å². The first-order valence-electron chi connectivity index (χ1n) is 4.62. The number of hydrogen-bond donors (Lipinski definition) is 4. The first-order chi connectivity index (χ1) is 7.15. The fourth-order valence-corrected chi connectivity index (χ4v) is 1.07. The summed E-state index contributed by atoms with van der Waals surface area (Å²) in [5.74, 6) is -0.399. The lowest BCUT2D eigenvalue weighted by atomic mass is 10.2. The van der Waals surface area contributed by atoms with Gasteiger partial charge >= 0.3 is 0 Å². The van der Waals surface area contributed by atoms with Gasteiger partial charge in [-0.3, -0.25) is 4.79 Å². The number of aliphatic hydroxyl groups is 1. The Morgan fingerprint density at radius 1 is 1.47 bits per heavy atom. The zero-order valence-corrected chi connectivity index (χ0v) is 8.23. The molecule has 5 N–H and O–H groups in total. The number of anilines is 1. The van der Waals surface area contributed by atoms with Gasteiger partial charge in [-0.05, 0) is 24.6 Å². The van der Waals surface area contributed by atoms with E-state index in [1.165, 1.54) is 18.2 Å². The summed E-state index contributed by atoms with van der Waals surface area (Å²) in [5.41, 5.74) is 5.98. The maximum atomic E-state index is 11.4. The van der Waals surface area contributed by atoms with Crippen LogP contribution in [0.5, 0.6) is 5.75 Å². The average molecular weight is 210 g/mol. The van der Waals surface area contributed by atoms with Crippen LogP contribution in [0.3, 0.4) is 0 Å². The highest BCUT2D eigenvalue weighted by atomic mass is 16.3. The van der Waals surface area contributed by atoms with Crippen molar-refractivity contribution >= 4 is 11.6 Å². The molecule has 5 nitrogen and oxygen atoms in total. The van der Waals surface area contributed by atoms with E-state index in [1.807, 2.05) is 0 Å². The third-order valence-electron chi connectivity index (χ3n) is 1.91. The molecular formula is C10H14N2O3. The molecule has 0 spiro atoms. The molecule has 0 unspecified atom stereocenters. The largest absolute Gasteiger partial charge is 0.506 e. The summed E-state index contributed by atoms with van der Waals surface area (Å²) in [6.45, 7) is 0.438. The first kappa shape index (κ1) is 11.3. The fraction of sp³-hybridized carbons (Fsp3) is 0.300. The zero-order valence-electron chi connectivity index (χ0n) is 8.23. The number of rotatable bonds is 4. The number of aliphatic hydroxyl groups excluding tert-OH is 1. The summed E-state index contributed by atoms with van der Waals surface area (Å²) < 4.78 is 0. The lowest BCUT2D eigenvalue weighted by Gasteiger charge is -2.05. The van der Waals surface area contributed by atoms with Gasteiger partial charge in [0.15, 0.2) is 0 Å². The van der Waals surface area contributed by atoms with Gasteiger partial charge in [-0.2, -0.15) is 0 Å². The van der Waals surface area contributed by atoms with Crippen molar-refractivity contribution < 1.29 is 15.0 Å². The van der Waals surface area contributed by atoms with Crippen LogP contribution in [0.1, 0.15) is 16.8 Å². The number of hydrogen-bond acceptors (Lipinski definition) is 4. The molecule has 0 aromatic heterocycles. The highest BCUT2D eigenvalue weighted by molar-refractivity contribution is 5.95. The number of carbonyl (C=O) groups excluding carboxylic acids is 1. The highest BCUT2D eigenvalue weighted by Crippen LogP contribution is 2.20. The van der Waals surface area contributed by atoms with Crippen LogP contribution in [-0.2, 0) is 0 Å². The van der Waals surface area contributed by atoms with E-state index in [0.29, 0.717) is 18.5 Å². The van der Waals surface area contributed by atoms with Gasteiger partial charge in [-0.25, -0.2) is 0 Å². The molecule has 5 heteroatoms. The molecule has 0 aliphatic heterocycles. The summed E-state index contributed by atoms with van der Waals surface area (Å²) in [6, 6.07) is 4.31. The van der Waals surface area contributed by atoms with Crippen LogP contribution in [0, 0.1) is 0 Å². The summed E-state index contributed by atoms with van der Waals surface area (Å²) >= 11 is 0. The van der Waals surface area contributed by atoms with Crippen molar-refractivity contribution in [3.63, 3.8) is 0 Å². The van der Waals surface area contributed by atoms with Crippen molar-refractivity contribution in [1.29, 1.82) is 0 Å². The van der Waals surface area contributed by atoms with Gasteiger partial charge in [0.25, 0.3) is 5.91 Å². The molecule has 1 aromatic carbocycles. The summed E-state index contributed by atoms with van der Waals surface area (Å²) in [7, 11) is 0. The van der Waals surface area contributed by atoms with Crippen LogP contribution in [0.2, 0.25) is 0 Å². The molecule has 0 saturated heterocycles. The Kier molecular flexibility index (Phi) is 3.93. The molecule has 82 valence electrons. The van der Waals surface area contributed by atoms with Gasteiger partial charge in [0.2, 0.25) is 0 Å². The second kappa shape index (κ2) is 5.21. The minimum atomic E-state index is -0.293. The summed E-state index contributed by atoms with van der Waals surface area (Å²) in [5, 5.41) is 20.4. The Balaban J connectivity index is 2.62. The van der Waals surface area contributed by atoms with E-state index < -0.39 is 0 Å². The molecule has 0 heterocycles. The van der Waals surface area contributed by atoms with Crippen LogP contribution < -0.4 is 11.1 Å². The molecule has 0 aliphatic rings. The Morgan fingerprint density at radius 2 is 2.20 bits per heavy atom. The molecule has 0 atom stereocenters. The van der Waals surface area contributed by atoms with Crippen LogP contribution in [0.4, 0.5) is 5.69 Å². The van der Waals surface area contributed by atoms with Crippen molar-refractivity contribution in [2.75, 3.05) is 18.9 Å². The highest BCUT2D eigenvalue weighted by Gasteiger charge is 2.06. The maximum absolute atomic E-state index is 11.4. The number of benzene rings is 1. The van der Waals surface area contributed by atoms with Crippen molar-refractivity contribution in [3.8, 4) is 5.75 Å². The number of carbonyl (C=O) groups is 1. The monoisotopic (exact) mass is 210 g/mol. The van der Waals surface area contributed by atoms with Crippen LogP contribution in [0.15, 0.2) is 18.2 Å². The van der Waals surface area contributed by atoms with Crippen molar-refractivity contribution in [1.82, 2.24) is 5.32 Å². The van der Waals surface area contributed by atoms with Crippen LogP contribution >= 0.6 is 0 Å². The van der Waals surface area contributed by atoms with Gasteiger partial charge in [-0.1, -0.05) is 0 Å². The molecule has 0 fully saturated rings. The minimum Gasteiger partial charge on any atom is -0.506 e. The zero-order chi connectivity index (χ0) is 11.3. The SMILES string of the molecule is Nc1ccc(C(=O)NCCCO)cc1O. The van der Waals surface area contributed by atoms with E-state index in [9.17, 15) is 9.90 Å². The Hall–Kier alpha value is -1.75. The van der Waals surface area contributed by atoms with E-state index in [-0.39, 0.29) is 24.0 Å². The topological polar surface area (TPSA) is 95.6 Å². The number of nitrogens with two attached hydrogens (primary N) is 1. The Bertz CT molecular complexity index is 353. The molecule has 0 saturated carbocycles. The molecule has 0 radical (unpaired) electrons. The third kappa shape index (κ3) is 3.14. The smallest absolute Gasteiger partial charge is 0.251 e. The van der Waals surface area contributed by atoms with Crippen LogP contribution in [0.25, 0.3) is 0 Å². The predicted molar refractivity (Wildman–Crippen MR) is 56.6 cm³/mol.